The van der Waals surface area contributed by atoms with E-state index in [1.807, 2.05) is 13.0 Å². The molecule has 1 aromatic rings. The highest BCUT2D eigenvalue weighted by Gasteiger charge is 2.42. The average Bonchev–Trinajstić information content (AvgIpc) is 2.75. The molecular formula is C15H17BrN2O2. The van der Waals surface area contributed by atoms with Crippen LogP contribution in [-0.2, 0) is 22.4 Å². The van der Waals surface area contributed by atoms with Gasteiger partial charge in [-0.25, -0.2) is 0 Å². The van der Waals surface area contributed by atoms with Crippen molar-refractivity contribution in [3.63, 3.8) is 0 Å². The van der Waals surface area contributed by atoms with Crippen LogP contribution in [0, 0.1) is 5.92 Å². The zero-order valence-electron chi connectivity index (χ0n) is 11.6. The summed E-state index contributed by atoms with van der Waals surface area (Å²) in [5.74, 6) is -0.0663. The number of halogens is 1. The average molecular weight is 337 g/mol. The van der Waals surface area contributed by atoms with E-state index in [2.05, 4.69) is 27.3 Å². The first-order valence-electron chi connectivity index (χ1n) is 6.89. The number of anilines is 1. The predicted molar refractivity (Wildman–Crippen MR) is 80.7 cm³/mol. The van der Waals surface area contributed by atoms with Crippen LogP contribution in [0.2, 0.25) is 0 Å². The number of likely N-dealkylation sites (N-methyl/N-ethyl adjacent to an activating group) is 1. The van der Waals surface area contributed by atoms with Crippen LogP contribution in [0.5, 0.6) is 0 Å². The van der Waals surface area contributed by atoms with Gasteiger partial charge in [0.25, 0.3) is 0 Å². The number of rotatable bonds is 1. The van der Waals surface area contributed by atoms with E-state index in [1.54, 1.807) is 11.9 Å². The molecule has 0 unspecified atom stereocenters. The van der Waals surface area contributed by atoms with Gasteiger partial charge in [-0.1, -0.05) is 22.9 Å². The molecule has 0 fully saturated rings. The Morgan fingerprint density at radius 3 is 2.80 bits per heavy atom. The van der Waals surface area contributed by atoms with Crippen LogP contribution in [0.4, 0.5) is 5.69 Å². The quantitative estimate of drug-likeness (QED) is 0.853. The molecule has 2 atom stereocenters. The van der Waals surface area contributed by atoms with E-state index in [-0.39, 0.29) is 17.7 Å². The topological polar surface area (TPSA) is 49.4 Å². The van der Waals surface area contributed by atoms with Crippen LogP contribution >= 0.6 is 15.9 Å². The fraction of sp³-hybridized carbons (Fsp3) is 0.467. The predicted octanol–water partition coefficient (Wildman–Crippen LogP) is 2.04. The summed E-state index contributed by atoms with van der Waals surface area (Å²) in [6.07, 6.45) is 2.31. The molecule has 0 bridgehead atoms. The molecule has 0 saturated heterocycles. The molecule has 0 radical (unpaired) electrons. The number of hydrogen-bond acceptors (Lipinski definition) is 2. The van der Waals surface area contributed by atoms with Crippen LogP contribution in [0.15, 0.2) is 16.6 Å². The minimum absolute atomic E-state index is 0.0423. The lowest BCUT2D eigenvalue weighted by Gasteiger charge is -2.26. The molecular weight excluding hydrogens is 320 g/mol. The summed E-state index contributed by atoms with van der Waals surface area (Å²) in [6.45, 7) is 1.95. The first kappa shape index (κ1) is 13.6. The Balaban J connectivity index is 2.16. The molecule has 5 heteroatoms. The van der Waals surface area contributed by atoms with Crippen molar-refractivity contribution in [1.82, 2.24) is 5.32 Å². The number of carbonyl (C=O) groups is 2. The van der Waals surface area contributed by atoms with Gasteiger partial charge < -0.3 is 5.32 Å². The van der Waals surface area contributed by atoms with Gasteiger partial charge in [-0.2, -0.15) is 0 Å². The molecule has 0 spiro atoms. The second-order valence-electron chi connectivity index (χ2n) is 5.55. The van der Waals surface area contributed by atoms with Gasteiger partial charge in [-0.05, 0) is 36.1 Å². The van der Waals surface area contributed by atoms with E-state index in [0.29, 0.717) is 6.42 Å². The maximum atomic E-state index is 12.6. The Morgan fingerprint density at radius 2 is 2.10 bits per heavy atom. The molecule has 0 saturated carbocycles. The number of benzene rings is 1. The standard InChI is InChI=1S/C15H17BrN2O2/c1-8-3-4-9-5-11(16)6-10-7-12(14(19)17-2)18(13(9)10)15(8)20/h5-6,8,12H,3-4,7H2,1-2H3,(H,17,19)/t8-,12-/m0/s1. The van der Waals surface area contributed by atoms with Crippen LogP contribution in [0.3, 0.4) is 0 Å². The van der Waals surface area contributed by atoms with Crippen molar-refractivity contribution >= 4 is 33.4 Å². The fourth-order valence-corrected chi connectivity index (χ4v) is 3.75. The summed E-state index contributed by atoms with van der Waals surface area (Å²) in [6, 6.07) is 3.69. The zero-order chi connectivity index (χ0) is 14.4. The van der Waals surface area contributed by atoms with Crippen molar-refractivity contribution in [2.75, 3.05) is 11.9 Å². The molecule has 1 aromatic carbocycles. The van der Waals surface area contributed by atoms with Crippen molar-refractivity contribution in [2.45, 2.75) is 32.2 Å². The van der Waals surface area contributed by atoms with Crippen molar-refractivity contribution in [1.29, 1.82) is 0 Å². The van der Waals surface area contributed by atoms with E-state index in [1.165, 1.54) is 5.56 Å². The van der Waals surface area contributed by atoms with Crippen molar-refractivity contribution in [3.8, 4) is 0 Å². The van der Waals surface area contributed by atoms with Gasteiger partial charge in [0.2, 0.25) is 11.8 Å². The molecule has 2 aliphatic rings. The third-order valence-electron chi connectivity index (χ3n) is 4.25. The third kappa shape index (κ3) is 1.95. The van der Waals surface area contributed by atoms with Crippen LogP contribution in [0.1, 0.15) is 24.5 Å². The highest BCUT2D eigenvalue weighted by Crippen LogP contribution is 2.41. The lowest BCUT2D eigenvalue weighted by atomic mass is 9.99. The van der Waals surface area contributed by atoms with E-state index in [0.717, 1.165) is 28.6 Å². The molecule has 2 heterocycles. The van der Waals surface area contributed by atoms with Gasteiger partial charge in [0, 0.05) is 23.9 Å². The largest absolute Gasteiger partial charge is 0.357 e. The normalized spacial score (nSPS) is 24.4. The fourth-order valence-electron chi connectivity index (χ4n) is 3.20. The Labute approximate surface area is 126 Å². The molecule has 2 amide bonds. The summed E-state index contributed by atoms with van der Waals surface area (Å²) in [5.41, 5.74) is 3.22. The van der Waals surface area contributed by atoms with Gasteiger partial charge in [0.05, 0.1) is 5.69 Å². The molecule has 2 aliphatic heterocycles. The van der Waals surface area contributed by atoms with E-state index in [4.69, 9.17) is 0 Å². The van der Waals surface area contributed by atoms with Crippen molar-refractivity contribution < 1.29 is 9.59 Å². The minimum atomic E-state index is -0.406. The maximum absolute atomic E-state index is 12.6. The lowest BCUT2D eigenvalue weighted by Crippen LogP contribution is -2.48. The number of carbonyl (C=O) groups excluding carboxylic acids is 2. The minimum Gasteiger partial charge on any atom is -0.357 e. The summed E-state index contributed by atoms with van der Waals surface area (Å²) >= 11 is 3.53. The van der Waals surface area contributed by atoms with Crippen LogP contribution < -0.4 is 10.2 Å². The second kappa shape index (κ2) is 4.88. The molecule has 0 aromatic heterocycles. The Bertz CT molecular complexity index is 600. The monoisotopic (exact) mass is 336 g/mol. The summed E-state index contributed by atoms with van der Waals surface area (Å²) in [4.78, 5) is 26.5. The number of nitrogens with one attached hydrogen (secondary N) is 1. The highest BCUT2D eigenvalue weighted by atomic mass is 79.9. The van der Waals surface area contributed by atoms with Gasteiger partial charge in [-0.3, -0.25) is 14.5 Å². The Morgan fingerprint density at radius 1 is 1.40 bits per heavy atom. The molecule has 4 nitrogen and oxygen atoms in total. The molecule has 20 heavy (non-hydrogen) atoms. The first-order chi connectivity index (χ1) is 9.52. The molecule has 106 valence electrons. The van der Waals surface area contributed by atoms with Gasteiger partial charge >= 0.3 is 0 Å². The Kier molecular flexibility index (Phi) is 3.32. The smallest absolute Gasteiger partial charge is 0.243 e. The highest BCUT2D eigenvalue weighted by molar-refractivity contribution is 9.10. The SMILES string of the molecule is CNC(=O)[C@@H]1Cc2cc(Br)cc3c2N1C(=O)[C@@H](C)CC3. The zero-order valence-corrected chi connectivity index (χ0v) is 13.2. The van der Waals surface area contributed by atoms with Crippen LogP contribution in [0.25, 0.3) is 0 Å². The van der Waals surface area contributed by atoms with Gasteiger partial charge in [-0.15, -0.1) is 0 Å². The van der Waals surface area contributed by atoms with Gasteiger partial charge in [0.1, 0.15) is 6.04 Å². The van der Waals surface area contributed by atoms with E-state index < -0.39 is 6.04 Å². The Hall–Kier alpha value is -1.36. The summed E-state index contributed by atoms with van der Waals surface area (Å²) < 4.78 is 1.02. The van der Waals surface area contributed by atoms with E-state index in [9.17, 15) is 9.59 Å². The van der Waals surface area contributed by atoms with Crippen molar-refractivity contribution in [2.24, 2.45) is 5.92 Å². The second-order valence-corrected chi connectivity index (χ2v) is 6.47. The lowest BCUT2D eigenvalue weighted by molar-refractivity contribution is -0.127. The van der Waals surface area contributed by atoms with E-state index >= 15 is 0 Å². The number of nitrogens with zero attached hydrogens (tertiary/aromatic N) is 1. The summed E-state index contributed by atoms with van der Waals surface area (Å²) in [5, 5.41) is 2.68. The first-order valence-corrected chi connectivity index (χ1v) is 7.68. The maximum Gasteiger partial charge on any atom is 0.243 e. The van der Waals surface area contributed by atoms with Gasteiger partial charge in [0.15, 0.2) is 0 Å². The molecule has 3 rings (SSSR count). The van der Waals surface area contributed by atoms with Crippen molar-refractivity contribution in [3.05, 3.63) is 27.7 Å². The summed E-state index contributed by atoms with van der Waals surface area (Å²) in [7, 11) is 1.62. The molecule has 1 N–H and O–H groups in total. The number of hydrogen-bond donors (Lipinski definition) is 1. The molecule has 0 aliphatic carbocycles. The number of aryl methyl sites for hydroxylation is 1. The number of amides is 2. The third-order valence-corrected chi connectivity index (χ3v) is 4.71. The van der Waals surface area contributed by atoms with Crippen LogP contribution in [-0.4, -0.2) is 24.9 Å².